The Morgan fingerprint density at radius 2 is 1.46 bits per heavy atom. The first-order valence-electron chi connectivity index (χ1n) is 10.3. The molecule has 26 heavy (non-hydrogen) atoms. The second kappa shape index (κ2) is 9.87. The molecule has 0 atom stereocenters. The molecule has 2 heterocycles. The number of benzene rings is 1. The molecular formula is C23H32OS2. The van der Waals surface area contributed by atoms with Crippen LogP contribution in [0.15, 0.2) is 17.5 Å². The number of hydrogen-bond donors (Lipinski definition) is 1. The Morgan fingerprint density at radius 1 is 0.808 bits per heavy atom. The van der Waals surface area contributed by atoms with Crippen molar-refractivity contribution in [2.75, 3.05) is 0 Å². The molecule has 0 unspecified atom stereocenters. The summed E-state index contributed by atoms with van der Waals surface area (Å²) in [6.07, 6.45) is 12.9. The molecule has 1 aromatic carbocycles. The van der Waals surface area contributed by atoms with Crippen molar-refractivity contribution in [3.05, 3.63) is 33.5 Å². The van der Waals surface area contributed by atoms with Crippen molar-refractivity contribution in [3.63, 3.8) is 0 Å². The van der Waals surface area contributed by atoms with Gasteiger partial charge in [-0.1, -0.05) is 52.4 Å². The number of unbranched alkanes of at least 4 members (excludes halogenated alkanes) is 6. The summed E-state index contributed by atoms with van der Waals surface area (Å²) in [7, 11) is 0. The summed E-state index contributed by atoms with van der Waals surface area (Å²) in [4.78, 5) is 1.10. The molecule has 0 aliphatic rings. The molecule has 0 aliphatic heterocycles. The Balaban J connectivity index is 2.01. The van der Waals surface area contributed by atoms with Crippen LogP contribution in [0.2, 0.25) is 0 Å². The van der Waals surface area contributed by atoms with Crippen LogP contribution in [0.4, 0.5) is 0 Å². The summed E-state index contributed by atoms with van der Waals surface area (Å²) in [5.41, 5.74) is 3.20. The molecule has 142 valence electrons. The minimum atomic E-state index is 0.159. The summed E-state index contributed by atoms with van der Waals surface area (Å²) in [5.74, 6) is 0. The van der Waals surface area contributed by atoms with E-state index in [1.807, 2.05) is 22.7 Å². The molecule has 2 aromatic heterocycles. The molecule has 1 nitrogen and oxygen atoms in total. The predicted octanol–water partition coefficient (Wildman–Crippen LogP) is 7.85. The molecule has 3 aromatic rings. The predicted molar refractivity (Wildman–Crippen MR) is 119 cm³/mol. The van der Waals surface area contributed by atoms with E-state index < -0.39 is 0 Å². The van der Waals surface area contributed by atoms with Gasteiger partial charge < -0.3 is 5.11 Å². The van der Waals surface area contributed by atoms with Crippen LogP contribution >= 0.6 is 22.7 Å². The van der Waals surface area contributed by atoms with Gasteiger partial charge in [0, 0.05) is 25.0 Å². The highest BCUT2D eigenvalue weighted by Crippen LogP contribution is 2.41. The lowest BCUT2D eigenvalue weighted by atomic mass is 9.93. The Hall–Kier alpha value is -0.900. The summed E-state index contributed by atoms with van der Waals surface area (Å²) < 4.78 is 2.95. The number of aliphatic hydroxyl groups excluding tert-OH is 1. The van der Waals surface area contributed by atoms with E-state index >= 15 is 0 Å². The second-order valence-corrected chi connectivity index (χ2v) is 9.41. The number of aryl methyl sites for hydroxylation is 2. The first kappa shape index (κ1) is 19.9. The zero-order chi connectivity index (χ0) is 18.4. The van der Waals surface area contributed by atoms with Gasteiger partial charge in [-0.2, -0.15) is 0 Å². The van der Waals surface area contributed by atoms with Gasteiger partial charge in [-0.15, -0.1) is 22.7 Å². The summed E-state index contributed by atoms with van der Waals surface area (Å²) in [6, 6.07) is 4.51. The Bertz CT molecular complexity index is 828. The van der Waals surface area contributed by atoms with E-state index in [1.165, 1.54) is 84.4 Å². The molecule has 0 fully saturated rings. The maximum atomic E-state index is 9.68. The highest BCUT2D eigenvalue weighted by atomic mass is 32.1. The Morgan fingerprint density at radius 3 is 2.08 bits per heavy atom. The van der Waals surface area contributed by atoms with Crippen molar-refractivity contribution < 1.29 is 5.11 Å². The molecule has 0 saturated heterocycles. The van der Waals surface area contributed by atoms with E-state index in [1.54, 1.807) is 11.1 Å². The van der Waals surface area contributed by atoms with Crippen molar-refractivity contribution in [1.29, 1.82) is 0 Å². The molecule has 3 rings (SSSR count). The molecule has 1 N–H and O–H groups in total. The van der Waals surface area contributed by atoms with Gasteiger partial charge in [0.25, 0.3) is 0 Å². The number of aliphatic hydroxyl groups is 1. The lowest BCUT2D eigenvalue weighted by molar-refractivity contribution is 0.285. The third-order valence-corrected chi connectivity index (χ3v) is 7.52. The fraction of sp³-hybridized carbons (Fsp3) is 0.565. The smallest absolute Gasteiger partial charge is 0.0774 e. The van der Waals surface area contributed by atoms with Crippen LogP contribution in [0.5, 0.6) is 0 Å². The van der Waals surface area contributed by atoms with Crippen LogP contribution in [0.25, 0.3) is 20.2 Å². The average Bonchev–Trinajstić information content (AvgIpc) is 3.29. The van der Waals surface area contributed by atoms with Gasteiger partial charge in [-0.25, -0.2) is 0 Å². The molecule has 0 saturated carbocycles. The molecule has 0 radical (unpaired) electrons. The number of hydrogen-bond acceptors (Lipinski definition) is 3. The first-order valence-corrected chi connectivity index (χ1v) is 12.0. The fourth-order valence-corrected chi connectivity index (χ4v) is 6.10. The van der Waals surface area contributed by atoms with Crippen molar-refractivity contribution in [2.24, 2.45) is 0 Å². The van der Waals surface area contributed by atoms with Crippen molar-refractivity contribution in [3.8, 4) is 0 Å². The zero-order valence-corrected chi connectivity index (χ0v) is 17.9. The molecule has 0 bridgehead atoms. The van der Waals surface area contributed by atoms with E-state index in [9.17, 15) is 5.11 Å². The third kappa shape index (κ3) is 4.32. The molecular weight excluding hydrogens is 356 g/mol. The van der Waals surface area contributed by atoms with Crippen LogP contribution in [-0.2, 0) is 19.4 Å². The lowest BCUT2D eigenvalue weighted by Crippen LogP contribution is -1.97. The van der Waals surface area contributed by atoms with Gasteiger partial charge in [0.2, 0.25) is 0 Å². The second-order valence-electron chi connectivity index (χ2n) is 7.36. The third-order valence-electron chi connectivity index (χ3n) is 5.37. The van der Waals surface area contributed by atoms with E-state index in [2.05, 4.69) is 31.4 Å². The van der Waals surface area contributed by atoms with Crippen LogP contribution in [-0.4, -0.2) is 5.11 Å². The van der Waals surface area contributed by atoms with Crippen molar-refractivity contribution in [2.45, 2.75) is 84.7 Å². The summed E-state index contributed by atoms with van der Waals surface area (Å²) in [5, 5.41) is 14.7. The number of thiophene rings is 2. The van der Waals surface area contributed by atoms with Crippen LogP contribution in [0.3, 0.4) is 0 Å². The van der Waals surface area contributed by atoms with Gasteiger partial charge >= 0.3 is 0 Å². The fourth-order valence-electron chi connectivity index (χ4n) is 3.96. The lowest BCUT2D eigenvalue weighted by Gasteiger charge is -2.13. The standard InChI is InChI=1S/C23H32OS2/c1-3-5-7-9-11-18-19(12-10-8-6-4-2)23-21(15-17(16-24)26-23)20-13-14-25-22(18)20/h13-15,24H,3-12,16H2,1-2H3. The maximum absolute atomic E-state index is 9.68. The zero-order valence-electron chi connectivity index (χ0n) is 16.3. The van der Waals surface area contributed by atoms with Gasteiger partial charge in [0.1, 0.15) is 0 Å². The molecule has 0 amide bonds. The maximum Gasteiger partial charge on any atom is 0.0774 e. The van der Waals surface area contributed by atoms with Crippen LogP contribution in [0.1, 0.15) is 81.2 Å². The van der Waals surface area contributed by atoms with Crippen LogP contribution in [0, 0.1) is 0 Å². The topological polar surface area (TPSA) is 20.2 Å². The Labute approximate surface area is 166 Å². The molecule has 3 heteroatoms. The van der Waals surface area contributed by atoms with E-state index in [-0.39, 0.29) is 6.61 Å². The van der Waals surface area contributed by atoms with E-state index in [0.717, 1.165) is 4.88 Å². The van der Waals surface area contributed by atoms with Gasteiger partial charge in [0.15, 0.2) is 0 Å². The van der Waals surface area contributed by atoms with Gasteiger partial charge in [-0.3, -0.25) is 0 Å². The van der Waals surface area contributed by atoms with Gasteiger partial charge in [-0.05, 0) is 54.3 Å². The average molecular weight is 389 g/mol. The quantitative estimate of drug-likeness (QED) is 0.331. The SMILES string of the molecule is CCCCCCc1c(CCCCCC)c2sc(CO)cc2c2ccsc12. The highest BCUT2D eigenvalue weighted by molar-refractivity contribution is 7.20. The summed E-state index contributed by atoms with van der Waals surface area (Å²) in [6.45, 7) is 4.72. The van der Waals surface area contributed by atoms with E-state index in [0.29, 0.717) is 0 Å². The monoisotopic (exact) mass is 388 g/mol. The Kier molecular flexibility index (Phi) is 7.53. The first-order chi connectivity index (χ1) is 12.8. The van der Waals surface area contributed by atoms with Crippen molar-refractivity contribution in [1.82, 2.24) is 0 Å². The minimum Gasteiger partial charge on any atom is -0.391 e. The highest BCUT2D eigenvalue weighted by Gasteiger charge is 2.17. The molecule has 0 aliphatic carbocycles. The minimum absolute atomic E-state index is 0.159. The van der Waals surface area contributed by atoms with Crippen molar-refractivity contribution >= 4 is 42.8 Å². The largest absolute Gasteiger partial charge is 0.391 e. The molecule has 0 spiro atoms. The van der Waals surface area contributed by atoms with E-state index in [4.69, 9.17) is 0 Å². The van der Waals surface area contributed by atoms with Crippen LogP contribution < -0.4 is 0 Å². The van der Waals surface area contributed by atoms with Gasteiger partial charge in [0.05, 0.1) is 6.61 Å². The summed E-state index contributed by atoms with van der Waals surface area (Å²) >= 11 is 3.73. The normalized spacial score (nSPS) is 11.8. The number of fused-ring (bicyclic) bond motifs is 3. The number of rotatable bonds is 11.